The highest BCUT2D eigenvalue weighted by molar-refractivity contribution is 8.18. The molecule has 2 fully saturated rings. The first-order valence-electron chi connectivity index (χ1n) is 16.0. The molecule has 0 bridgehead atoms. The van der Waals surface area contributed by atoms with E-state index in [4.69, 9.17) is 13.6 Å². The van der Waals surface area contributed by atoms with Gasteiger partial charge < -0.3 is 13.6 Å². The third kappa shape index (κ3) is 8.43. The van der Waals surface area contributed by atoms with Crippen LogP contribution in [0.25, 0.3) is 0 Å². The summed E-state index contributed by atoms with van der Waals surface area (Å²) in [6.07, 6.45) is 3.82. The van der Waals surface area contributed by atoms with E-state index < -0.39 is 28.6 Å². The second kappa shape index (κ2) is 13.6. The van der Waals surface area contributed by atoms with Crippen molar-refractivity contribution in [2.24, 2.45) is 0 Å². The lowest BCUT2D eigenvalue weighted by Crippen LogP contribution is -2.48. The number of aromatic nitrogens is 2. The van der Waals surface area contributed by atoms with Crippen LogP contribution in [0.1, 0.15) is 71.7 Å². The Labute approximate surface area is 274 Å². The summed E-state index contributed by atoms with van der Waals surface area (Å²) < 4.78 is 21.6. The van der Waals surface area contributed by atoms with Crippen molar-refractivity contribution in [3.63, 3.8) is 0 Å². The number of thioether (sulfide) groups is 2. The molecule has 2 aliphatic rings. The molecule has 0 amide bonds. The Hall–Kier alpha value is -1.09. The Balaban J connectivity index is 1.63. The molecule has 2 saturated heterocycles. The summed E-state index contributed by atoms with van der Waals surface area (Å²) in [5.74, 6) is 2.12. The Morgan fingerprint density at radius 1 is 0.955 bits per heavy atom. The van der Waals surface area contributed by atoms with E-state index >= 15 is 0 Å². The van der Waals surface area contributed by atoms with E-state index in [9.17, 15) is 9.59 Å². The van der Waals surface area contributed by atoms with Crippen molar-refractivity contribution >= 4 is 40.2 Å². The number of nitrogens with one attached hydrogen (secondary N) is 1. The normalized spacial score (nSPS) is 23.2. The molecular formula is C33H54N2O5S2Si2. The lowest BCUT2D eigenvalue weighted by atomic mass is 10.0. The van der Waals surface area contributed by atoms with Crippen molar-refractivity contribution in [1.82, 2.24) is 9.55 Å². The van der Waals surface area contributed by atoms with Gasteiger partial charge in [-0.05, 0) is 66.2 Å². The molecule has 246 valence electrons. The van der Waals surface area contributed by atoms with E-state index in [0.717, 1.165) is 24.3 Å². The molecule has 7 nitrogen and oxygen atoms in total. The smallest absolute Gasteiger partial charge is 0.330 e. The highest BCUT2D eigenvalue weighted by atomic mass is 32.2. The number of ether oxygens (including phenoxy) is 1. The van der Waals surface area contributed by atoms with Crippen molar-refractivity contribution in [3.05, 3.63) is 68.5 Å². The molecule has 0 radical (unpaired) electrons. The van der Waals surface area contributed by atoms with Crippen LogP contribution in [0, 0.1) is 0 Å². The third-order valence-corrected chi connectivity index (χ3v) is 22.3. The van der Waals surface area contributed by atoms with Crippen LogP contribution in [0.4, 0.5) is 0 Å². The Morgan fingerprint density at radius 3 is 2.16 bits per heavy atom. The minimum absolute atomic E-state index is 0.0281. The second-order valence-electron chi connectivity index (χ2n) is 15.5. The summed E-state index contributed by atoms with van der Waals surface area (Å²) in [5.41, 5.74) is 1.12. The number of H-pyrrole nitrogens is 1. The summed E-state index contributed by atoms with van der Waals surface area (Å²) in [5, 5.41) is 0.0940. The highest BCUT2D eigenvalue weighted by Crippen LogP contribution is 2.47. The molecule has 2 aromatic rings. The fraction of sp³-hybridized carbons (Fsp3) is 0.697. The van der Waals surface area contributed by atoms with Gasteiger partial charge in [-0.25, -0.2) is 4.79 Å². The van der Waals surface area contributed by atoms with E-state index in [-0.39, 0.29) is 31.9 Å². The minimum atomic E-state index is -2.14. The van der Waals surface area contributed by atoms with Gasteiger partial charge in [0.15, 0.2) is 16.6 Å². The van der Waals surface area contributed by atoms with Gasteiger partial charge >= 0.3 is 5.69 Å². The maximum Gasteiger partial charge on any atom is 0.330 e. The van der Waals surface area contributed by atoms with Gasteiger partial charge in [-0.15, -0.1) is 23.5 Å². The molecule has 11 heteroatoms. The highest BCUT2D eigenvalue weighted by Gasteiger charge is 2.47. The lowest BCUT2D eigenvalue weighted by Gasteiger charge is -2.40. The van der Waals surface area contributed by atoms with E-state index in [2.05, 4.69) is 97.0 Å². The fourth-order valence-electron chi connectivity index (χ4n) is 5.15. The van der Waals surface area contributed by atoms with Gasteiger partial charge in [-0.3, -0.25) is 14.3 Å². The van der Waals surface area contributed by atoms with Gasteiger partial charge in [0.1, 0.15) is 12.3 Å². The van der Waals surface area contributed by atoms with E-state index in [1.165, 1.54) is 5.56 Å². The molecule has 1 aromatic carbocycles. The molecule has 3 atom stereocenters. The van der Waals surface area contributed by atoms with Crippen molar-refractivity contribution in [1.29, 1.82) is 0 Å². The minimum Gasteiger partial charge on any atom is -0.414 e. The molecule has 0 spiro atoms. The van der Waals surface area contributed by atoms with Crippen LogP contribution in [0.2, 0.25) is 36.3 Å². The van der Waals surface area contributed by atoms with E-state index in [1.54, 1.807) is 10.8 Å². The molecule has 1 aromatic heterocycles. The standard InChI is InChI=1S/C33H54N2O5S2Si2/c1-31(2,3)43(7,8)38-23-27-26(40-44(9,10)32(4,5)6)19-28(39-27)35-22-25(29(36)34-30(35)37)21-33(41-17-14-18-42-33)20-24-15-12-11-13-16-24/h11-13,15-16,22,26-28H,14,17-21,23H2,1-10H3,(H,34,36,37)/t26-,27+,28+/m0/s1. The number of aromatic amines is 1. The molecule has 0 aliphatic carbocycles. The Bertz CT molecular complexity index is 1380. The summed E-state index contributed by atoms with van der Waals surface area (Å²) in [7, 11) is -4.18. The van der Waals surface area contributed by atoms with Gasteiger partial charge in [-0.1, -0.05) is 71.9 Å². The molecule has 3 heterocycles. The Kier molecular flexibility index (Phi) is 11.0. The zero-order chi connectivity index (χ0) is 32.6. The van der Waals surface area contributed by atoms with Gasteiger partial charge in [0.05, 0.1) is 16.8 Å². The van der Waals surface area contributed by atoms with E-state index in [1.807, 2.05) is 29.6 Å². The van der Waals surface area contributed by atoms with Gasteiger partial charge in [0, 0.05) is 24.6 Å². The summed E-state index contributed by atoms with van der Waals surface area (Å²) in [6.45, 7) is 22.8. The van der Waals surface area contributed by atoms with Crippen LogP contribution >= 0.6 is 23.5 Å². The van der Waals surface area contributed by atoms with Crippen LogP contribution in [-0.4, -0.2) is 60.6 Å². The SMILES string of the molecule is CC(C)(C)[Si](C)(C)OC[C@H]1O[C@@H](n2cc(CC3(Cc4ccccc4)SCCCS3)c(=O)[nH]c2=O)C[C@@H]1O[Si](C)(C)C(C)(C)C. The summed E-state index contributed by atoms with van der Waals surface area (Å²) in [6, 6.07) is 10.5. The maximum atomic E-state index is 13.3. The van der Waals surface area contributed by atoms with Crippen molar-refractivity contribution in [2.75, 3.05) is 18.1 Å². The number of hydrogen-bond donors (Lipinski definition) is 1. The Morgan fingerprint density at radius 2 is 1.57 bits per heavy atom. The average Bonchev–Trinajstić information content (AvgIpc) is 3.30. The number of benzene rings is 1. The van der Waals surface area contributed by atoms with Crippen LogP contribution in [0.3, 0.4) is 0 Å². The predicted octanol–water partition coefficient (Wildman–Crippen LogP) is 7.59. The largest absolute Gasteiger partial charge is 0.414 e. The molecule has 4 rings (SSSR count). The van der Waals surface area contributed by atoms with Crippen LogP contribution in [-0.2, 0) is 26.4 Å². The third-order valence-electron chi connectivity index (χ3n) is 9.99. The second-order valence-corrected chi connectivity index (χ2v) is 28.3. The quantitative estimate of drug-likeness (QED) is 0.259. The molecule has 44 heavy (non-hydrogen) atoms. The average molecular weight is 679 g/mol. The van der Waals surface area contributed by atoms with Crippen LogP contribution in [0.5, 0.6) is 0 Å². The number of nitrogens with zero attached hydrogens (tertiary/aromatic N) is 1. The zero-order valence-electron chi connectivity index (χ0n) is 28.5. The summed E-state index contributed by atoms with van der Waals surface area (Å²) in [4.78, 5) is 29.2. The van der Waals surface area contributed by atoms with Crippen molar-refractivity contribution in [3.8, 4) is 0 Å². The van der Waals surface area contributed by atoms with E-state index in [0.29, 0.717) is 25.0 Å². The van der Waals surface area contributed by atoms with Gasteiger partial charge in [0.25, 0.3) is 5.56 Å². The molecular weight excluding hydrogens is 625 g/mol. The van der Waals surface area contributed by atoms with Gasteiger partial charge in [0.2, 0.25) is 0 Å². The maximum absolute atomic E-state index is 13.3. The first kappa shape index (κ1) is 35.8. The lowest BCUT2D eigenvalue weighted by molar-refractivity contribution is -0.0413. The molecule has 0 unspecified atom stereocenters. The monoisotopic (exact) mass is 678 g/mol. The molecule has 1 N–H and O–H groups in total. The first-order valence-corrected chi connectivity index (χ1v) is 23.7. The predicted molar refractivity (Wildman–Crippen MR) is 191 cm³/mol. The van der Waals surface area contributed by atoms with Crippen molar-refractivity contribution in [2.45, 2.75) is 126 Å². The fourth-order valence-corrected chi connectivity index (χ4v) is 10.9. The topological polar surface area (TPSA) is 82.5 Å². The van der Waals surface area contributed by atoms with Crippen LogP contribution < -0.4 is 11.2 Å². The molecule has 2 aliphatic heterocycles. The first-order chi connectivity index (χ1) is 20.3. The summed E-state index contributed by atoms with van der Waals surface area (Å²) >= 11 is 3.87. The molecule has 0 saturated carbocycles. The van der Waals surface area contributed by atoms with Crippen molar-refractivity contribution < 1.29 is 13.6 Å². The van der Waals surface area contributed by atoms with Crippen LogP contribution in [0.15, 0.2) is 46.1 Å². The number of hydrogen-bond acceptors (Lipinski definition) is 7. The zero-order valence-corrected chi connectivity index (χ0v) is 32.1. The number of rotatable bonds is 10. The van der Waals surface area contributed by atoms with Gasteiger partial charge in [-0.2, -0.15) is 0 Å².